The summed E-state index contributed by atoms with van der Waals surface area (Å²) < 4.78 is 0. The lowest BCUT2D eigenvalue weighted by Crippen LogP contribution is -2.26. The Morgan fingerprint density at radius 3 is 2.47 bits per heavy atom. The SMILES string of the molecule is Nc1cncc(N)c1N1CC(S)CC1=O. The number of carbonyl (C=O) groups excluding carboxylic acids is 1. The number of nitrogens with zero attached hydrogens (tertiary/aromatic N) is 2. The second-order valence-corrected chi connectivity index (χ2v) is 4.26. The van der Waals surface area contributed by atoms with Gasteiger partial charge in [-0.25, -0.2) is 0 Å². The normalized spacial score (nSPS) is 21.0. The summed E-state index contributed by atoms with van der Waals surface area (Å²) in [5, 5.41) is 0.0458. The second kappa shape index (κ2) is 3.62. The number of rotatable bonds is 1. The molecule has 80 valence electrons. The van der Waals surface area contributed by atoms with Gasteiger partial charge in [-0.05, 0) is 0 Å². The quantitative estimate of drug-likeness (QED) is 0.598. The van der Waals surface area contributed by atoms with Crippen LogP contribution in [0.25, 0.3) is 0 Å². The van der Waals surface area contributed by atoms with Crippen molar-refractivity contribution in [1.29, 1.82) is 0 Å². The van der Waals surface area contributed by atoms with Crippen LogP contribution in [-0.2, 0) is 4.79 Å². The molecule has 0 bridgehead atoms. The second-order valence-electron chi connectivity index (χ2n) is 3.53. The molecule has 0 radical (unpaired) electrons. The Bertz CT molecular complexity index is 389. The van der Waals surface area contributed by atoms with Crippen molar-refractivity contribution in [1.82, 2.24) is 4.98 Å². The van der Waals surface area contributed by atoms with E-state index >= 15 is 0 Å². The molecular weight excluding hydrogens is 212 g/mol. The maximum absolute atomic E-state index is 11.6. The van der Waals surface area contributed by atoms with Crippen molar-refractivity contribution in [3.63, 3.8) is 0 Å². The lowest BCUT2D eigenvalue weighted by molar-refractivity contribution is -0.117. The number of aromatic nitrogens is 1. The van der Waals surface area contributed by atoms with Gasteiger partial charge in [0.2, 0.25) is 5.91 Å². The molecule has 4 N–H and O–H groups in total. The zero-order valence-electron chi connectivity index (χ0n) is 8.05. The van der Waals surface area contributed by atoms with Gasteiger partial charge in [0.25, 0.3) is 0 Å². The van der Waals surface area contributed by atoms with E-state index in [4.69, 9.17) is 11.5 Å². The van der Waals surface area contributed by atoms with Gasteiger partial charge in [0.15, 0.2) is 0 Å². The zero-order chi connectivity index (χ0) is 11.0. The van der Waals surface area contributed by atoms with E-state index in [1.54, 1.807) is 4.90 Å². The molecule has 1 amide bonds. The van der Waals surface area contributed by atoms with E-state index in [2.05, 4.69) is 17.6 Å². The smallest absolute Gasteiger partial charge is 0.228 e. The molecule has 2 rings (SSSR count). The lowest BCUT2D eigenvalue weighted by Gasteiger charge is -2.19. The molecule has 0 saturated carbocycles. The van der Waals surface area contributed by atoms with Crippen molar-refractivity contribution >= 4 is 35.6 Å². The summed E-state index contributed by atoms with van der Waals surface area (Å²) in [6.07, 6.45) is 3.40. The minimum atomic E-state index is -0.000370. The molecule has 6 heteroatoms. The third-order valence-electron chi connectivity index (χ3n) is 2.35. The van der Waals surface area contributed by atoms with Crippen LogP contribution in [0.15, 0.2) is 12.4 Å². The minimum absolute atomic E-state index is 0.000370. The Labute approximate surface area is 92.9 Å². The molecule has 1 aromatic heterocycles. The van der Waals surface area contributed by atoms with Crippen LogP contribution >= 0.6 is 12.6 Å². The fraction of sp³-hybridized carbons (Fsp3) is 0.333. The third-order valence-corrected chi connectivity index (χ3v) is 2.69. The Balaban J connectivity index is 2.41. The molecule has 15 heavy (non-hydrogen) atoms. The first kappa shape index (κ1) is 10.1. The summed E-state index contributed by atoms with van der Waals surface area (Å²) in [6, 6.07) is 0. The van der Waals surface area contributed by atoms with E-state index in [1.165, 1.54) is 12.4 Å². The molecule has 1 aliphatic rings. The first-order chi connectivity index (χ1) is 7.09. The van der Waals surface area contributed by atoms with Crippen LogP contribution in [-0.4, -0.2) is 22.7 Å². The fourth-order valence-corrected chi connectivity index (χ4v) is 2.02. The molecule has 1 aliphatic heterocycles. The molecule has 1 fully saturated rings. The Morgan fingerprint density at radius 1 is 1.40 bits per heavy atom. The number of hydrogen-bond acceptors (Lipinski definition) is 5. The number of hydrogen-bond donors (Lipinski definition) is 3. The summed E-state index contributed by atoms with van der Waals surface area (Å²) in [4.78, 5) is 17.1. The molecule has 0 spiro atoms. The monoisotopic (exact) mass is 224 g/mol. The van der Waals surface area contributed by atoms with Crippen molar-refractivity contribution < 1.29 is 4.79 Å². The summed E-state index contributed by atoms with van der Waals surface area (Å²) in [7, 11) is 0. The average molecular weight is 224 g/mol. The number of carbonyl (C=O) groups is 1. The molecule has 1 atom stereocenters. The summed E-state index contributed by atoms with van der Waals surface area (Å²) in [6.45, 7) is 0.542. The average Bonchev–Trinajstić information content (AvgIpc) is 2.45. The van der Waals surface area contributed by atoms with Crippen molar-refractivity contribution in [3.8, 4) is 0 Å². The predicted octanol–water partition coefficient (Wildman–Crippen LogP) is 0.281. The number of nitrogens with two attached hydrogens (primary N) is 2. The van der Waals surface area contributed by atoms with Crippen LogP contribution in [0.5, 0.6) is 0 Å². The Kier molecular flexibility index (Phi) is 2.44. The van der Waals surface area contributed by atoms with Crippen LogP contribution in [0, 0.1) is 0 Å². The number of anilines is 3. The third kappa shape index (κ3) is 1.72. The number of nitrogen functional groups attached to an aromatic ring is 2. The van der Waals surface area contributed by atoms with Crippen molar-refractivity contribution in [2.24, 2.45) is 0 Å². The molecule has 2 heterocycles. The van der Waals surface area contributed by atoms with Gasteiger partial charge < -0.3 is 16.4 Å². The highest BCUT2D eigenvalue weighted by Crippen LogP contribution is 2.33. The van der Waals surface area contributed by atoms with Crippen LogP contribution in [0.1, 0.15) is 6.42 Å². The Morgan fingerprint density at radius 2 is 2.00 bits per heavy atom. The molecule has 1 saturated heterocycles. The van der Waals surface area contributed by atoms with Gasteiger partial charge in [-0.3, -0.25) is 9.78 Å². The van der Waals surface area contributed by atoms with Gasteiger partial charge in [-0.1, -0.05) is 0 Å². The maximum Gasteiger partial charge on any atom is 0.228 e. The highest BCUT2D eigenvalue weighted by molar-refractivity contribution is 7.81. The molecule has 5 nitrogen and oxygen atoms in total. The maximum atomic E-state index is 11.6. The fourth-order valence-electron chi connectivity index (χ4n) is 1.70. The van der Waals surface area contributed by atoms with Gasteiger partial charge in [0.1, 0.15) is 0 Å². The predicted molar refractivity (Wildman–Crippen MR) is 62.8 cm³/mol. The molecule has 0 aliphatic carbocycles. The van der Waals surface area contributed by atoms with E-state index in [1.807, 2.05) is 0 Å². The number of amides is 1. The topological polar surface area (TPSA) is 85.2 Å². The number of pyridine rings is 1. The molecular formula is C9H12N4OS. The van der Waals surface area contributed by atoms with Crippen molar-refractivity contribution in [3.05, 3.63) is 12.4 Å². The largest absolute Gasteiger partial charge is 0.396 e. The van der Waals surface area contributed by atoms with Crippen LogP contribution < -0.4 is 16.4 Å². The lowest BCUT2D eigenvalue weighted by atomic mass is 10.3. The van der Waals surface area contributed by atoms with Gasteiger partial charge >= 0.3 is 0 Å². The summed E-state index contributed by atoms with van der Waals surface area (Å²) in [5.74, 6) is -0.000370. The van der Waals surface area contributed by atoms with Crippen LogP contribution in [0.4, 0.5) is 17.1 Å². The number of thiol groups is 1. The van der Waals surface area contributed by atoms with E-state index in [9.17, 15) is 4.79 Å². The van der Waals surface area contributed by atoms with Crippen LogP contribution in [0.2, 0.25) is 0 Å². The van der Waals surface area contributed by atoms with E-state index in [0.29, 0.717) is 30.0 Å². The first-order valence-corrected chi connectivity index (χ1v) is 5.08. The summed E-state index contributed by atoms with van der Waals surface area (Å²) >= 11 is 4.27. The van der Waals surface area contributed by atoms with Gasteiger partial charge in [0.05, 0.1) is 29.5 Å². The van der Waals surface area contributed by atoms with Gasteiger partial charge in [0, 0.05) is 18.2 Å². The van der Waals surface area contributed by atoms with Crippen molar-refractivity contribution in [2.75, 3.05) is 22.9 Å². The first-order valence-electron chi connectivity index (χ1n) is 4.57. The van der Waals surface area contributed by atoms with E-state index in [0.717, 1.165) is 0 Å². The molecule has 1 unspecified atom stereocenters. The Hall–Kier alpha value is -1.43. The van der Waals surface area contributed by atoms with Crippen molar-refractivity contribution in [2.45, 2.75) is 11.7 Å². The minimum Gasteiger partial charge on any atom is -0.396 e. The van der Waals surface area contributed by atoms with Gasteiger partial charge in [-0.15, -0.1) is 0 Å². The summed E-state index contributed by atoms with van der Waals surface area (Å²) in [5.41, 5.74) is 12.9. The highest BCUT2D eigenvalue weighted by atomic mass is 32.1. The van der Waals surface area contributed by atoms with Gasteiger partial charge in [-0.2, -0.15) is 12.6 Å². The van der Waals surface area contributed by atoms with Crippen LogP contribution in [0.3, 0.4) is 0 Å². The molecule has 1 aromatic rings. The van der Waals surface area contributed by atoms with E-state index in [-0.39, 0.29) is 11.2 Å². The van der Waals surface area contributed by atoms with E-state index < -0.39 is 0 Å². The highest BCUT2D eigenvalue weighted by Gasteiger charge is 2.30. The molecule has 0 aromatic carbocycles. The zero-order valence-corrected chi connectivity index (χ0v) is 8.95. The standard InChI is InChI=1S/C9H12N4OS/c10-6-2-12-3-7(11)9(6)13-4-5(15)1-8(13)14/h2-3,5,15H,1,4,10-11H2.